The van der Waals surface area contributed by atoms with Crippen molar-refractivity contribution in [2.24, 2.45) is 5.92 Å². The van der Waals surface area contributed by atoms with Gasteiger partial charge in [0.25, 0.3) is 17.7 Å². The number of piperazine rings is 1. The van der Waals surface area contributed by atoms with Crippen LogP contribution in [0.2, 0.25) is 0 Å². The average molecular weight is 642 g/mol. The topological polar surface area (TPSA) is 140 Å². The van der Waals surface area contributed by atoms with E-state index < -0.39 is 0 Å². The fourth-order valence-corrected chi connectivity index (χ4v) is 5.60. The van der Waals surface area contributed by atoms with Crippen LogP contribution >= 0.6 is 0 Å². The summed E-state index contributed by atoms with van der Waals surface area (Å²) in [6.45, 7) is 5.84. The van der Waals surface area contributed by atoms with E-state index in [1.54, 1.807) is 38.4 Å². The number of fused-ring (bicyclic) bond motifs is 2. The minimum absolute atomic E-state index is 0.0586. The summed E-state index contributed by atoms with van der Waals surface area (Å²) in [4.78, 5) is 61.8. The van der Waals surface area contributed by atoms with Crippen LogP contribution in [0.3, 0.4) is 0 Å². The number of aromatic nitrogens is 2. The Labute approximate surface area is 273 Å². The van der Waals surface area contributed by atoms with Crippen LogP contribution < -0.4 is 20.1 Å². The number of para-hydroxylation sites is 2. The lowest BCUT2D eigenvalue weighted by molar-refractivity contribution is -0.920. The monoisotopic (exact) mass is 641 g/mol. The first-order valence-corrected chi connectivity index (χ1v) is 15.9. The third-order valence-corrected chi connectivity index (χ3v) is 8.38. The number of nitrogens with one attached hydrogen (secondary N) is 2. The molecule has 1 fully saturated rings. The summed E-state index contributed by atoms with van der Waals surface area (Å²) in [6.07, 6.45) is 3.34. The minimum atomic E-state index is -0.333. The van der Waals surface area contributed by atoms with Crippen LogP contribution in [0, 0.1) is 5.92 Å². The molecular weight excluding hydrogens is 600 g/mol. The second kappa shape index (κ2) is 15.5. The number of quaternary nitrogens is 1. The van der Waals surface area contributed by atoms with Gasteiger partial charge in [0, 0.05) is 29.1 Å². The Morgan fingerprint density at radius 3 is 2.13 bits per heavy atom. The Balaban J connectivity index is 1.20. The van der Waals surface area contributed by atoms with Crippen LogP contribution in [-0.4, -0.2) is 108 Å². The Bertz CT molecular complexity index is 1740. The maximum Gasteiger partial charge on any atom is 0.275 e. The molecule has 0 radical (unpaired) electrons. The molecule has 12 heteroatoms. The van der Waals surface area contributed by atoms with E-state index >= 15 is 0 Å². The van der Waals surface area contributed by atoms with E-state index in [-0.39, 0.29) is 62.3 Å². The summed E-state index contributed by atoms with van der Waals surface area (Å²) in [7, 11) is 0. The number of rotatable bonds is 15. The van der Waals surface area contributed by atoms with E-state index in [1.165, 1.54) is 4.90 Å². The second-order valence-electron chi connectivity index (χ2n) is 12.0. The van der Waals surface area contributed by atoms with E-state index in [9.17, 15) is 19.2 Å². The molecule has 1 aliphatic rings. The molecular formula is C35H41N6O6+. The van der Waals surface area contributed by atoms with Gasteiger partial charge < -0.3 is 29.5 Å². The number of hydrogen-bond donors (Lipinski definition) is 2. The van der Waals surface area contributed by atoms with Crippen molar-refractivity contribution in [3.63, 3.8) is 0 Å². The molecule has 0 saturated carbocycles. The highest BCUT2D eigenvalue weighted by Gasteiger charge is 2.35. The number of ether oxygens (including phenoxy) is 2. The molecule has 0 spiro atoms. The maximum absolute atomic E-state index is 13.5. The average Bonchev–Trinajstić information content (AvgIpc) is 3.08. The molecule has 5 rings (SSSR count). The standard InChI is InChI=1S/C35H40N6O6/c1-25(2)28(42)21-40(33(45)24-47-30-12-4-8-27-10-6-14-39-35(27)30)17-20-41(18-15-36-31(43)22-41)19-16-37-32(44)23-46-29-11-3-7-26-9-5-13-38-34(26)29/h3-14,25H,15-24H2,1-2H3,(H-,36,37,43,44)/p+1. The van der Waals surface area contributed by atoms with E-state index in [1.807, 2.05) is 48.5 Å². The second-order valence-corrected chi connectivity index (χ2v) is 12.0. The lowest BCUT2D eigenvalue weighted by atomic mass is 10.1. The lowest BCUT2D eigenvalue weighted by Crippen LogP contribution is -2.64. The SMILES string of the molecule is CC(C)C(=O)CN(CC[N+]1(CCNC(=O)COc2cccc3cccnc23)CCNC(=O)C1)C(=O)COc1cccc2cccnc12. The van der Waals surface area contributed by atoms with Crippen molar-refractivity contribution in [3.05, 3.63) is 73.1 Å². The van der Waals surface area contributed by atoms with E-state index in [0.717, 1.165) is 10.8 Å². The van der Waals surface area contributed by atoms with E-state index in [2.05, 4.69) is 20.6 Å². The highest BCUT2D eigenvalue weighted by atomic mass is 16.5. The molecule has 1 unspecified atom stereocenters. The van der Waals surface area contributed by atoms with Crippen molar-refractivity contribution in [1.29, 1.82) is 0 Å². The summed E-state index contributed by atoms with van der Waals surface area (Å²) >= 11 is 0. The molecule has 47 heavy (non-hydrogen) atoms. The lowest BCUT2D eigenvalue weighted by Gasteiger charge is -2.42. The third-order valence-electron chi connectivity index (χ3n) is 8.38. The fourth-order valence-electron chi connectivity index (χ4n) is 5.60. The molecule has 0 bridgehead atoms. The van der Waals surface area contributed by atoms with Crippen molar-refractivity contribution >= 4 is 45.3 Å². The van der Waals surface area contributed by atoms with Gasteiger partial charge in [0.2, 0.25) is 0 Å². The number of carbonyl (C=O) groups is 4. The Morgan fingerprint density at radius 1 is 0.894 bits per heavy atom. The molecule has 3 heterocycles. The zero-order chi connectivity index (χ0) is 33.2. The molecule has 12 nitrogen and oxygen atoms in total. The zero-order valence-electron chi connectivity index (χ0n) is 26.8. The van der Waals surface area contributed by atoms with Gasteiger partial charge in [0.15, 0.2) is 25.5 Å². The predicted octanol–water partition coefficient (Wildman–Crippen LogP) is 2.36. The summed E-state index contributed by atoms with van der Waals surface area (Å²) < 4.78 is 12.0. The Hall–Kier alpha value is -5.10. The van der Waals surface area contributed by atoms with Crippen LogP contribution in [0.1, 0.15) is 13.8 Å². The van der Waals surface area contributed by atoms with Gasteiger partial charge in [-0.05, 0) is 24.3 Å². The van der Waals surface area contributed by atoms with Crippen molar-refractivity contribution in [2.75, 3.05) is 65.6 Å². The van der Waals surface area contributed by atoms with Gasteiger partial charge in [-0.3, -0.25) is 29.1 Å². The van der Waals surface area contributed by atoms with Crippen LogP contribution in [0.15, 0.2) is 73.1 Å². The molecule has 2 aromatic heterocycles. The number of ketones is 1. The minimum Gasteiger partial charge on any atom is -0.481 e. The number of carbonyl (C=O) groups excluding carboxylic acids is 4. The molecule has 246 valence electrons. The number of benzene rings is 2. The van der Waals surface area contributed by atoms with E-state index in [0.29, 0.717) is 59.7 Å². The predicted molar refractivity (Wildman–Crippen MR) is 177 cm³/mol. The first-order valence-electron chi connectivity index (χ1n) is 15.9. The first kappa shape index (κ1) is 33.3. The number of Topliss-reactive ketones (excluding diaryl/α,β-unsaturated/α-hetero) is 1. The third kappa shape index (κ3) is 8.79. The van der Waals surface area contributed by atoms with Crippen LogP contribution in [0.25, 0.3) is 21.8 Å². The van der Waals surface area contributed by atoms with Crippen LogP contribution in [0.5, 0.6) is 11.5 Å². The summed E-state index contributed by atoms with van der Waals surface area (Å²) in [5, 5.41) is 7.59. The van der Waals surface area contributed by atoms with Gasteiger partial charge in [-0.25, -0.2) is 0 Å². The number of nitrogens with zero attached hydrogens (tertiary/aromatic N) is 4. The molecule has 1 aliphatic heterocycles. The van der Waals surface area contributed by atoms with Gasteiger partial charge >= 0.3 is 0 Å². The molecule has 4 aromatic rings. The smallest absolute Gasteiger partial charge is 0.275 e. The van der Waals surface area contributed by atoms with Crippen molar-refractivity contribution in [2.45, 2.75) is 13.8 Å². The number of hydrogen-bond acceptors (Lipinski definition) is 8. The van der Waals surface area contributed by atoms with Gasteiger partial charge in [-0.1, -0.05) is 50.2 Å². The van der Waals surface area contributed by atoms with E-state index in [4.69, 9.17) is 9.47 Å². The molecule has 2 N–H and O–H groups in total. The fraction of sp³-hybridized carbons (Fsp3) is 0.371. The van der Waals surface area contributed by atoms with Crippen molar-refractivity contribution in [3.8, 4) is 11.5 Å². The first-order chi connectivity index (χ1) is 22.7. The largest absolute Gasteiger partial charge is 0.481 e. The van der Waals surface area contributed by atoms with Gasteiger partial charge in [-0.2, -0.15) is 0 Å². The molecule has 1 saturated heterocycles. The quantitative estimate of drug-likeness (QED) is 0.189. The Kier molecular flexibility index (Phi) is 10.9. The zero-order valence-corrected chi connectivity index (χ0v) is 26.8. The van der Waals surface area contributed by atoms with Crippen LogP contribution in [0.4, 0.5) is 0 Å². The molecule has 0 aliphatic carbocycles. The molecule has 1 atom stereocenters. The van der Waals surface area contributed by atoms with Crippen molar-refractivity contribution in [1.82, 2.24) is 25.5 Å². The highest BCUT2D eigenvalue weighted by Crippen LogP contribution is 2.24. The Morgan fingerprint density at radius 2 is 1.51 bits per heavy atom. The number of amides is 3. The summed E-state index contributed by atoms with van der Waals surface area (Å²) in [6, 6.07) is 18.6. The normalized spacial score (nSPS) is 16.1. The number of pyridine rings is 2. The summed E-state index contributed by atoms with van der Waals surface area (Å²) in [5.74, 6) is -0.0366. The molecule has 3 amide bonds. The highest BCUT2D eigenvalue weighted by molar-refractivity contribution is 5.89. The van der Waals surface area contributed by atoms with Crippen LogP contribution in [-0.2, 0) is 19.2 Å². The summed E-state index contributed by atoms with van der Waals surface area (Å²) in [5.41, 5.74) is 1.33. The van der Waals surface area contributed by atoms with Gasteiger partial charge in [0.1, 0.15) is 22.5 Å². The maximum atomic E-state index is 13.5. The van der Waals surface area contributed by atoms with Gasteiger partial charge in [-0.15, -0.1) is 0 Å². The van der Waals surface area contributed by atoms with Crippen molar-refractivity contribution < 1.29 is 33.1 Å². The van der Waals surface area contributed by atoms with Gasteiger partial charge in [0.05, 0.1) is 45.8 Å². The molecule has 2 aromatic carbocycles.